The van der Waals surface area contributed by atoms with Gasteiger partial charge in [-0.15, -0.1) is 0 Å². The number of methoxy groups -OCH3 is 1. The van der Waals surface area contributed by atoms with E-state index in [1.54, 1.807) is 6.07 Å². The summed E-state index contributed by atoms with van der Waals surface area (Å²) in [5.74, 6) is -0.469. The standard InChI is InChI=1S/C20H22N2O5/c1-27-20(24)17-13-16(22(25)26)7-8-18(17)21-11-9-15(10-12-21)19(23)14-5-3-2-4-6-14/h2-8,13,15,19,23H,9-12H2,1H3/t19-/m0/s1. The number of hydrogen-bond acceptors (Lipinski definition) is 6. The molecule has 0 radical (unpaired) electrons. The van der Waals surface area contributed by atoms with Crippen molar-refractivity contribution >= 4 is 17.3 Å². The SMILES string of the molecule is COC(=O)c1cc([N+](=O)[O-])ccc1N1CCC([C@@H](O)c2ccccc2)CC1. The van der Waals surface area contributed by atoms with Crippen molar-refractivity contribution in [2.75, 3.05) is 25.1 Å². The third-order valence-corrected chi connectivity index (χ3v) is 5.06. The molecule has 1 aliphatic rings. The minimum absolute atomic E-state index is 0.128. The van der Waals surface area contributed by atoms with E-state index in [1.165, 1.54) is 19.2 Å². The Morgan fingerprint density at radius 1 is 1.22 bits per heavy atom. The van der Waals surface area contributed by atoms with Gasteiger partial charge in [-0.3, -0.25) is 10.1 Å². The van der Waals surface area contributed by atoms with E-state index in [1.807, 2.05) is 35.2 Å². The van der Waals surface area contributed by atoms with Crippen LogP contribution in [-0.2, 0) is 4.74 Å². The number of nitro benzene ring substituents is 1. The minimum Gasteiger partial charge on any atom is -0.465 e. The van der Waals surface area contributed by atoms with Gasteiger partial charge in [-0.2, -0.15) is 0 Å². The molecule has 2 aromatic rings. The highest BCUT2D eigenvalue weighted by Crippen LogP contribution is 2.34. The summed E-state index contributed by atoms with van der Waals surface area (Å²) in [6, 6.07) is 13.8. The van der Waals surface area contributed by atoms with Crippen LogP contribution in [0.5, 0.6) is 0 Å². The molecule has 1 N–H and O–H groups in total. The Bertz CT molecular complexity index is 816. The maximum atomic E-state index is 12.1. The summed E-state index contributed by atoms with van der Waals surface area (Å²) in [6.45, 7) is 1.30. The normalized spacial score (nSPS) is 16.0. The largest absolute Gasteiger partial charge is 0.465 e. The van der Waals surface area contributed by atoms with Gasteiger partial charge in [0.1, 0.15) is 0 Å². The zero-order chi connectivity index (χ0) is 19.4. The van der Waals surface area contributed by atoms with Crippen molar-refractivity contribution in [3.63, 3.8) is 0 Å². The second-order valence-electron chi connectivity index (χ2n) is 6.63. The lowest BCUT2D eigenvalue weighted by molar-refractivity contribution is -0.384. The van der Waals surface area contributed by atoms with Gasteiger partial charge in [0.25, 0.3) is 5.69 Å². The molecule has 0 aliphatic carbocycles. The number of anilines is 1. The third-order valence-electron chi connectivity index (χ3n) is 5.06. The fourth-order valence-corrected chi connectivity index (χ4v) is 3.57. The Morgan fingerprint density at radius 2 is 1.89 bits per heavy atom. The average Bonchev–Trinajstić information content (AvgIpc) is 2.73. The molecular formula is C20H22N2O5. The highest BCUT2D eigenvalue weighted by atomic mass is 16.6. The Labute approximate surface area is 157 Å². The number of esters is 1. The van der Waals surface area contributed by atoms with Gasteiger partial charge >= 0.3 is 5.97 Å². The first-order valence-corrected chi connectivity index (χ1v) is 8.86. The van der Waals surface area contributed by atoms with Crippen LogP contribution in [0.4, 0.5) is 11.4 Å². The maximum Gasteiger partial charge on any atom is 0.340 e. The summed E-state index contributed by atoms with van der Waals surface area (Å²) in [6.07, 6.45) is 0.992. The van der Waals surface area contributed by atoms with Crippen LogP contribution in [0, 0.1) is 16.0 Å². The average molecular weight is 370 g/mol. The Hall–Kier alpha value is -2.93. The first-order valence-electron chi connectivity index (χ1n) is 8.86. The fourth-order valence-electron chi connectivity index (χ4n) is 3.57. The van der Waals surface area contributed by atoms with Gasteiger partial charge in [0.05, 0.1) is 29.4 Å². The maximum absolute atomic E-state index is 12.1. The lowest BCUT2D eigenvalue weighted by atomic mass is 9.87. The van der Waals surface area contributed by atoms with Crippen LogP contribution in [0.1, 0.15) is 34.9 Å². The molecule has 7 heteroatoms. The molecule has 0 aromatic heterocycles. The molecule has 7 nitrogen and oxygen atoms in total. The highest BCUT2D eigenvalue weighted by Gasteiger charge is 2.29. The molecule has 0 spiro atoms. The number of aliphatic hydroxyl groups excluding tert-OH is 1. The highest BCUT2D eigenvalue weighted by molar-refractivity contribution is 5.96. The third kappa shape index (κ3) is 4.09. The number of piperidine rings is 1. The van der Waals surface area contributed by atoms with Crippen LogP contribution in [-0.4, -0.2) is 36.2 Å². The van der Waals surface area contributed by atoms with Crippen molar-refractivity contribution in [2.45, 2.75) is 18.9 Å². The molecule has 142 valence electrons. The summed E-state index contributed by atoms with van der Waals surface area (Å²) >= 11 is 0. The van der Waals surface area contributed by atoms with Gasteiger partial charge in [-0.1, -0.05) is 30.3 Å². The van der Waals surface area contributed by atoms with Crippen LogP contribution in [0.3, 0.4) is 0 Å². The monoisotopic (exact) mass is 370 g/mol. The predicted octanol–water partition coefficient (Wildman–Crippen LogP) is 3.33. The van der Waals surface area contributed by atoms with E-state index in [2.05, 4.69) is 0 Å². The molecule has 1 atom stereocenters. The topological polar surface area (TPSA) is 92.9 Å². The fraction of sp³-hybridized carbons (Fsp3) is 0.350. The van der Waals surface area contributed by atoms with E-state index >= 15 is 0 Å². The summed E-state index contributed by atoms with van der Waals surface area (Å²) in [7, 11) is 1.26. The molecule has 1 saturated heterocycles. The summed E-state index contributed by atoms with van der Waals surface area (Å²) in [4.78, 5) is 24.6. The molecular weight excluding hydrogens is 348 g/mol. The zero-order valence-corrected chi connectivity index (χ0v) is 15.1. The van der Waals surface area contributed by atoms with Crippen LogP contribution < -0.4 is 4.90 Å². The van der Waals surface area contributed by atoms with Crippen LogP contribution in [0.25, 0.3) is 0 Å². The van der Waals surface area contributed by atoms with Crippen molar-refractivity contribution in [1.29, 1.82) is 0 Å². The van der Waals surface area contributed by atoms with E-state index in [0.29, 0.717) is 18.8 Å². The first-order chi connectivity index (χ1) is 13.0. The number of carbonyl (C=O) groups is 1. The van der Waals surface area contributed by atoms with Crippen molar-refractivity contribution in [3.8, 4) is 0 Å². The second-order valence-corrected chi connectivity index (χ2v) is 6.63. The van der Waals surface area contributed by atoms with Gasteiger partial charge in [0, 0.05) is 25.2 Å². The number of carbonyl (C=O) groups excluding carboxylic acids is 1. The Balaban J connectivity index is 1.76. The van der Waals surface area contributed by atoms with Gasteiger partial charge in [-0.25, -0.2) is 4.79 Å². The molecule has 1 fully saturated rings. The molecule has 27 heavy (non-hydrogen) atoms. The van der Waals surface area contributed by atoms with E-state index in [0.717, 1.165) is 18.4 Å². The number of aliphatic hydroxyl groups is 1. The van der Waals surface area contributed by atoms with Crippen LogP contribution in [0.2, 0.25) is 0 Å². The van der Waals surface area contributed by atoms with Gasteiger partial charge in [0.2, 0.25) is 0 Å². The number of ether oxygens (including phenoxy) is 1. The molecule has 0 amide bonds. The quantitative estimate of drug-likeness (QED) is 0.493. The molecule has 0 bridgehead atoms. The molecule has 1 aliphatic heterocycles. The number of nitro groups is 1. The minimum atomic E-state index is -0.597. The number of rotatable bonds is 5. The van der Waals surface area contributed by atoms with Crippen molar-refractivity contribution < 1.29 is 19.6 Å². The van der Waals surface area contributed by atoms with E-state index in [4.69, 9.17) is 4.74 Å². The molecule has 0 unspecified atom stereocenters. The Kier molecular flexibility index (Phi) is 5.71. The predicted molar refractivity (Wildman–Crippen MR) is 101 cm³/mol. The van der Waals surface area contributed by atoms with Gasteiger partial charge < -0.3 is 14.7 Å². The summed E-state index contributed by atoms with van der Waals surface area (Å²) in [5.41, 5.74) is 1.57. The molecule has 1 heterocycles. The lowest BCUT2D eigenvalue weighted by Crippen LogP contribution is -2.36. The van der Waals surface area contributed by atoms with E-state index in [9.17, 15) is 20.0 Å². The van der Waals surface area contributed by atoms with Gasteiger partial charge in [0.15, 0.2) is 0 Å². The number of benzene rings is 2. The van der Waals surface area contributed by atoms with E-state index in [-0.39, 0.29) is 17.2 Å². The summed E-state index contributed by atoms with van der Waals surface area (Å²) < 4.78 is 4.79. The smallest absolute Gasteiger partial charge is 0.340 e. The number of hydrogen-bond donors (Lipinski definition) is 1. The second kappa shape index (κ2) is 8.18. The van der Waals surface area contributed by atoms with Crippen LogP contribution >= 0.6 is 0 Å². The van der Waals surface area contributed by atoms with Crippen LogP contribution in [0.15, 0.2) is 48.5 Å². The van der Waals surface area contributed by atoms with E-state index < -0.39 is 17.0 Å². The van der Waals surface area contributed by atoms with Crippen molar-refractivity contribution in [3.05, 3.63) is 69.8 Å². The molecule has 0 saturated carbocycles. The number of nitrogens with zero attached hydrogens (tertiary/aromatic N) is 2. The first kappa shape index (κ1) is 18.8. The lowest BCUT2D eigenvalue weighted by Gasteiger charge is -2.36. The van der Waals surface area contributed by atoms with Crippen molar-refractivity contribution in [2.24, 2.45) is 5.92 Å². The Morgan fingerprint density at radius 3 is 2.48 bits per heavy atom. The number of non-ortho nitro benzene ring substituents is 1. The van der Waals surface area contributed by atoms with Gasteiger partial charge in [-0.05, 0) is 30.4 Å². The zero-order valence-electron chi connectivity index (χ0n) is 15.1. The van der Waals surface area contributed by atoms with Crippen molar-refractivity contribution in [1.82, 2.24) is 0 Å². The molecule has 2 aromatic carbocycles. The molecule has 3 rings (SSSR count). The summed E-state index contributed by atoms with van der Waals surface area (Å²) in [5, 5.41) is 21.6.